The summed E-state index contributed by atoms with van der Waals surface area (Å²) in [4.78, 5) is 29.7. The molecule has 0 unspecified atom stereocenters. The molecule has 3 amide bonds. The lowest BCUT2D eigenvalue weighted by Gasteiger charge is -2.36. The van der Waals surface area contributed by atoms with E-state index < -0.39 is 0 Å². The average molecular weight is 497 g/mol. The number of nitrogens with zero attached hydrogens (tertiary/aromatic N) is 2. The van der Waals surface area contributed by atoms with Crippen molar-refractivity contribution in [2.24, 2.45) is 5.92 Å². The number of ether oxygens (including phenoxy) is 2. The van der Waals surface area contributed by atoms with Crippen LogP contribution in [0.5, 0.6) is 5.75 Å². The molecule has 1 aliphatic rings. The number of fused-ring (bicyclic) bond motifs is 1. The van der Waals surface area contributed by atoms with Crippen LogP contribution in [0.25, 0.3) is 0 Å². The van der Waals surface area contributed by atoms with Crippen molar-refractivity contribution < 1.29 is 19.1 Å². The van der Waals surface area contributed by atoms with Crippen molar-refractivity contribution in [3.63, 3.8) is 0 Å². The van der Waals surface area contributed by atoms with E-state index in [4.69, 9.17) is 9.47 Å². The molecule has 0 bridgehead atoms. The summed E-state index contributed by atoms with van der Waals surface area (Å²) in [5.74, 6) is 0.497. The maximum absolute atomic E-state index is 13.4. The molecule has 1 heterocycles. The molecule has 0 saturated heterocycles. The first-order valence-corrected chi connectivity index (χ1v) is 12.6. The number of hydrogen-bond donors (Lipinski definition) is 2. The molecule has 196 valence electrons. The highest BCUT2D eigenvalue weighted by Gasteiger charge is 2.28. The fourth-order valence-corrected chi connectivity index (χ4v) is 4.39. The lowest BCUT2D eigenvalue weighted by Crippen LogP contribution is -2.46. The van der Waals surface area contributed by atoms with Crippen LogP contribution < -0.4 is 15.4 Å². The number of amides is 3. The van der Waals surface area contributed by atoms with Gasteiger partial charge in [0.15, 0.2) is 0 Å². The zero-order valence-corrected chi connectivity index (χ0v) is 22.3. The molecule has 2 aromatic rings. The van der Waals surface area contributed by atoms with E-state index in [1.54, 1.807) is 37.3 Å². The monoisotopic (exact) mass is 496 g/mol. The van der Waals surface area contributed by atoms with Crippen LogP contribution >= 0.6 is 0 Å². The lowest BCUT2D eigenvalue weighted by molar-refractivity contribution is 0.00922. The van der Waals surface area contributed by atoms with Crippen molar-refractivity contribution in [2.75, 3.05) is 39.2 Å². The van der Waals surface area contributed by atoms with Crippen molar-refractivity contribution in [1.29, 1.82) is 0 Å². The summed E-state index contributed by atoms with van der Waals surface area (Å²) in [6.07, 6.45) is -0.117. The molecule has 0 fully saturated rings. The number of anilines is 1. The zero-order valence-electron chi connectivity index (χ0n) is 22.3. The second-order valence-corrected chi connectivity index (χ2v) is 9.98. The predicted molar refractivity (Wildman–Crippen MR) is 142 cm³/mol. The third-order valence-electron chi connectivity index (χ3n) is 6.48. The Labute approximate surface area is 214 Å². The first-order valence-electron chi connectivity index (χ1n) is 12.6. The Hall–Kier alpha value is -3.10. The van der Waals surface area contributed by atoms with Crippen LogP contribution in [0.3, 0.4) is 0 Å². The Bertz CT molecular complexity index is 1010. The van der Waals surface area contributed by atoms with Gasteiger partial charge in [0.1, 0.15) is 12.4 Å². The minimum absolute atomic E-state index is 0.00772. The Balaban J connectivity index is 1.91. The summed E-state index contributed by atoms with van der Waals surface area (Å²) in [5.41, 5.74) is 2.25. The van der Waals surface area contributed by atoms with Gasteiger partial charge >= 0.3 is 6.03 Å². The molecule has 0 spiro atoms. The van der Waals surface area contributed by atoms with Crippen LogP contribution in [0, 0.1) is 5.92 Å². The molecule has 0 saturated carbocycles. The normalized spacial score (nSPS) is 21.7. The number of carbonyl (C=O) groups excluding carboxylic acids is 2. The third kappa shape index (κ3) is 7.45. The summed E-state index contributed by atoms with van der Waals surface area (Å²) in [7, 11) is 3.48. The maximum Gasteiger partial charge on any atom is 0.319 e. The minimum atomic E-state index is -0.305. The van der Waals surface area contributed by atoms with Crippen molar-refractivity contribution in [2.45, 2.75) is 52.4 Å². The van der Waals surface area contributed by atoms with E-state index in [-0.39, 0.29) is 36.0 Å². The standard InChI is InChI=1S/C28H40N4O4/c1-19(2)29-28(34)30-23-12-13-24-25(14-23)36-18-21(4)32(16-22-10-8-7-9-11-22)15-20(3)26(35-6)17-31(5)27(24)33/h7-14,19-21,26H,15-18H2,1-6H3,(H2,29,30,34)/t20-,21+,26+/m1/s1. The van der Waals surface area contributed by atoms with E-state index in [0.717, 1.165) is 13.1 Å². The maximum atomic E-state index is 13.4. The van der Waals surface area contributed by atoms with Gasteiger partial charge in [0.05, 0.1) is 11.7 Å². The highest BCUT2D eigenvalue weighted by molar-refractivity contribution is 5.98. The van der Waals surface area contributed by atoms with E-state index >= 15 is 0 Å². The third-order valence-corrected chi connectivity index (χ3v) is 6.48. The van der Waals surface area contributed by atoms with Crippen LogP contribution in [0.2, 0.25) is 0 Å². The molecule has 1 aliphatic heterocycles. The molecule has 8 nitrogen and oxygen atoms in total. The average Bonchev–Trinajstić information content (AvgIpc) is 2.84. The molecule has 2 aromatic carbocycles. The number of hydrogen-bond acceptors (Lipinski definition) is 5. The van der Waals surface area contributed by atoms with Crippen molar-refractivity contribution >= 4 is 17.6 Å². The fraction of sp³-hybridized carbons (Fsp3) is 0.500. The highest BCUT2D eigenvalue weighted by atomic mass is 16.5. The van der Waals surface area contributed by atoms with Gasteiger partial charge in [-0.15, -0.1) is 0 Å². The van der Waals surface area contributed by atoms with E-state index in [1.165, 1.54) is 5.56 Å². The highest BCUT2D eigenvalue weighted by Crippen LogP contribution is 2.27. The quantitative estimate of drug-likeness (QED) is 0.648. The van der Waals surface area contributed by atoms with Gasteiger partial charge in [-0.3, -0.25) is 9.69 Å². The van der Waals surface area contributed by atoms with Crippen molar-refractivity contribution in [3.05, 3.63) is 59.7 Å². The number of rotatable bonds is 5. The van der Waals surface area contributed by atoms with Gasteiger partial charge < -0.3 is 25.0 Å². The van der Waals surface area contributed by atoms with Crippen LogP contribution in [-0.4, -0.2) is 73.8 Å². The molecule has 2 N–H and O–H groups in total. The lowest BCUT2D eigenvalue weighted by atomic mass is 10.0. The van der Waals surface area contributed by atoms with Crippen molar-refractivity contribution in [3.8, 4) is 5.75 Å². The number of benzene rings is 2. The number of carbonyl (C=O) groups is 2. The van der Waals surface area contributed by atoms with E-state index in [9.17, 15) is 9.59 Å². The SMILES string of the molecule is CO[C@H]1CN(C)C(=O)c2ccc(NC(=O)NC(C)C)cc2OC[C@H](C)N(Cc2ccccc2)C[C@H]1C. The molecule has 36 heavy (non-hydrogen) atoms. The second-order valence-electron chi connectivity index (χ2n) is 9.98. The molecule has 8 heteroatoms. The number of nitrogens with one attached hydrogen (secondary N) is 2. The molecule has 0 aromatic heterocycles. The van der Waals surface area contributed by atoms with Crippen LogP contribution in [0.4, 0.5) is 10.5 Å². The smallest absolute Gasteiger partial charge is 0.319 e. The summed E-state index contributed by atoms with van der Waals surface area (Å²) in [5, 5.41) is 5.63. The molecular formula is C28H40N4O4. The van der Waals surface area contributed by atoms with Gasteiger partial charge in [0, 0.05) is 57.6 Å². The number of likely N-dealkylation sites (N-methyl/N-ethyl adjacent to an activating group) is 1. The minimum Gasteiger partial charge on any atom is -0.491 e. The van der Waals surface area contributed by atoms with Gasteiger partial charge in [-0.2, -0.15) is 0 Å². The Morgan fingerprint density at radius 3 is 2.53 bits per heavy atom. The van der Waals surface area contributed by atoms with E-state index in [2.05, 4.69) is 53.6 Å². The van der Waals surface area contributed by atoms with Gasteiger partial charge in [-0.25, -0.2) is 4.79 Å². The fourth-order valence-electron chi connectivity index (χ4n) is 4.39. The van der Waals surface area contributed by atoms with Crippen LogP contribution in [0.1, 0.15) is 43.6 Å². The van der Waals surface area contributed by atoms with E-state index in [0.29, 0.717) is 30.2 Å². The van der Waals surface area contributed by atoms with Crippen LogP contribution in [-0.2, 0) is 11.3 Å². The zero-order chi connectivity index (χ0) is 26.2. The topological polar surface area (TPSA) is 83.1 Å². The summed E-state index contributed by atoms with van der Waals surface area (Å²) in [6.45, 7) is 10.5. The van der Waals surface area contributed by atoms with Gasteiger partial charge in [0.25, 0.3) is 5.91 Å². The molecule has 3 rings (SSSR count). The Morgan fingerprint density at radius 2 is 1.86 bits per heavy atom. The van der Waals surface area contributed by atoms with Crippen LogP contribution in [0.15, 0.2) is 48.5 Å². The van der Waals surface area contributed by atoms with E-state index in [1.807, 2.05) is 19.9 Å². The summed E-state index contributed by atoms with van der Waals surface area (Å²) in [6, 6.07) is 15.3. The molecule has 0 aliphatic carbocycles. The first kappa shape index (κ1) is 27.5. The Kier molecular flexibility index (Phi) is 9.73. The van der Waals surface area contributed by atoms with Gasteiger partial charge in [0.2, 0.25) is 0 Å². The van der Waals surface area contributed by atoms with Gasteiger partial charge in [-0.05, 0) is 44.4 Å². The molecular weight excluding hydrogens is 456 g/mol. The Morgan fingerprint density at radius 1 is 1.14 bits per heavy atom. The predicted octanol–water partition coefficient (Wildman–Crippen LogP) is 4.22. The summed E-state index contributed by atoms with van der Waals surface area (Å²) >= 11 is 0. The second kappa shape index (κ2) is 12.7. The first-order chi connectivity index (χ1) is 17.2. The van der Waals surface area contributed by atoms with Gasteiger partial charge in [-0.1, -0.05) is 37.3 Å². The summed E-state index contributed by atoms with van der Waals surface area (Å²) < 4.78 is 12.1. The largest absolute Gasteiger partial charge is 0.491 e. The molecule has 3 atom stereocenters. The number of methoxy groups -OCH3 is 1. The molecule has 0 radical (unpaired) electrons. The number of urea groups is 1. The van der Waals surface area contributed by atoms with Crippen molar-refractivity contribution in [1.82, 2.24) is 15.1 Å².